The molecule has 0 aliphatic heterocycles. The van der Waals surface area contributed by atoms with E-state index < -0.39 is 4.92 Å². The summed E-state index contributed by atoms with van der Waals surface area (Å²) in [5.74, 6) is 0.335. The molecule has 0 aliphatic rings. The molecule has 0 saturated heterocycles. The van der Waals surface area contributed by atoms with Crippen molar-refractivity contribution in [2.75, 3.05) is 27.3 Å². The van der Waals surface area contributed by atoms with Crippen LogP contribution in [0.5, 0.6) is 11.5 Å². The monoisotopic (exact) mass is 412 g/mol. The molecule has 0 saturated carbocycles. The summed E-state index contributed by atoms with van der Waals surface area (Å²) in [6.07, 6.45) is 2.93. The van der Waals surface area contributed by atoms with E-state index in [0.717, 1.165) is 0 Å². The number of carbonyl (C=O) groups excluding carboxylic acids is 2. The van der Waals surface area contributed by atoms with Gasteiger partial charge in [0.25, 0.3) is 11.6 Å². The Labute approximate surface area is 174 Å². The van der Waals surface area contributed by atoms with Gasteiger partial charge in [0.1, 0.15) is 0 Å². The molecule has 0 spiro atoms. The molecule has 1 amide bonds. The lowest BCUT2D eigenvalue weighted by atomic mass is 10.1. The molecular weight excluding hydrogens is 388 g/mol. The highest BCUT2D eigenvalue weighted by Crippen LogP contribution is 2.29. The second-order valence-corrected chi connectivity index (χ2v) is 6.67. The first kappa shape index (κ1) is 22.6. The van der Waals surface area contributed by atoms with Gasteiger partial charge >= 0.3 is 0 Å². The van der Waals surface area contributed by atoms with Gasteiger partial charge in [-0.1, -0.05) is 24.3 Å². The molecule has 8 nitrogen and oxygen atoms in total. The van der Waals surface area contributed by atoms with Gasteiger partial charge in [-0.2, -0.15) is 0 Å². The smallest absolute Gasteiger partial charge is 0.273 e. The Kier molecular flexibility index (Phi) is 7.69. The maximum Gasteiger partial charge on any atom is 0.273 e. The van der Waals surface area contributed by atoms with Crippen LogP contribution in [-0.4, -0.2) is 48.8 Å². The predicted octanol–water partition coefficient (Wildman–Crippen LogP) is 3.67. The second-order valence-electron chi connectivity index (χ2n) is 6.67. The van der Waals surface area contributed by atoms with Gasteiger partial charge in [-0.15, -0.1) is 0 Å². The van der Waals surface area contributed by atoms with Gasteiger partial charge in [0.15, 0.2) is 23.9 Å². The molecule has 2 aromatic rings. The number of carbonyl (C=O) groups is 2. The number of nitro groups is 1. The second kappa shape index (κ2) is 10.2. The number of nitrogens with zero attached hydrogens (tertiary/aromatic N) is 2. The Morgan fingerprint density at radius 2 is 1.83 bits per heavy atom. The van der Waals surface area contributed by atoms with Gasteiger partial charge < -0.3 is 14.4 Å². The fraction of sp³-hybridized carbons (Fsp3) is 0.273. The van der Waals surface area contributed by atoms with Crippen LogP contribution in [0.4, 0.5) is 5.69 Å². The first-order chi connectivity index (χ1) is 14.2. The van der Waals surface area contributed by atoms with Crippen molar-refractivity contribution in [3.8, 4) is 11.5 Å². The van der Waals surface area contributed by atoms with Gasteiger partial charge in [0.05, 0.1) is 11.5 Å². The van der Waals surface area contributed by atoms with E-state index in [0.29, 0.717) is 29.2 Å². The quantitative estimate of drug-likeness (QED) is 0.270. The molecule has 0 fully saturated rings. The molecule has 158 valence electrons. The molecule has 0 bridgehead atoms. The van der Waals surface area contributed by atoms with Crippen LogP contribution in [0.2, 0.25) is 0 Å². The van der Waals surface area contributed by atoms with E-state index >= 15 is 0 Å². The summed E-state index contributed by atoms with van der Waals surface area (Å²) in [4.78, 5) is 36.1. The van der Waals surface area contributed by atoms with Gasteiger partial charge in [-0.05, 0) is 37.6 Å². The number of hydrogen-bond donors (Lipinski definition) is 0. The summed E-state index contributed by atoms with van der Waals surface area (Å²) in [6, 6.07) is 9.45. The van der Waals surface area contributed by atoms with Gasteiger partial charge in [0.2, 0.25) is 0 Å². The fourth-order valence-electron chi connectivity index (χ4n) is 2.51. The highest BCUT2D eigenvalue weighted by atomic mass is 16.6. The molecular formula is C22H24N2O6. The van der Waals surface area contributed by atoms with Gasteiger partial charge in [-0.3, -0.25) is 19.7 Å². The van der Waals surface area contributed by atoms with E-state index in [9.17, 15) is 19.7 Å². The number of nitro benzene ring substituents is 1. The van der Waals surface area contributed by atoms with Crippen molar-refractivity contribution in [3.63, 3.8) is 0 Å². The maximum atomic E-state index is 12.4. The first-order valence-corrected chi connectivity index (χ1v) is 9.30. The summed E-state index contributed by atoms with van der Waals surface area (Å²) in [7, 11) is 3.28. The van der Waals surface area contributed by atoms with E-state index in [4.69, 9.17) is 9.47 Å². The normalized spacial score (nSPS) is 10.7. The maximum absolute atomic E-state index is 12.4. The van der Waals surface area contributed by atoms with Crippen LogP contribution in [0.15, 0.2) is 42.5 Å². The van der Waals surface area contributed by atoms with Crippen molar-refractivity contribution < 1.29 is 24.0 Å². The van der Waals surface area contributed by atoms with Gasteiger partial charge in [0, 0.05) is 31.3 Å². The molecule has 30 heavy (non-hydrogen) atoms. The number of allylic oxidation sites excluding steroid dienone is 1. The Bertz CT molecular complexity index is 982. The lowest BCUT2D eigenvalue weighted by Gasteiger charge is -2.14. The summed E-state index contributed by atoms with van der Waals surface area (Å²) in [5, 5.41) is 11.1. The molecule has 2 aromatic carbocycles. The summed E-state index contributed by atoms with van der Waals surface area (Å²) in [6.45, 7) is 3.72. The molecule has 0 heterocycles. The number of ether oxygens (including phenoxy) is 2. The minimum atomic E-state index is -0.510. The number of hydrogen-bond acceptors (Lipinski definition) is 6. The van der Waals surface area contributed by atoms with Crippen molar-refractivity contribution in [1.29, 1.82) is 0 Å². The Balaban J connectivity index is 2.19. The largest absolute Gasteiger partial charge is 0.490 e. The number of likely N-dealkylation sites (N-methyl/N-ethyl adjacent to an activating group) is 1. The molecule has 0 aliphatic carbocycles. The lowest BCUT2D eigenvalue weighted by molar-refractivity contribution is -0.385. The number of amides is 1. The minimum absolute atomic E-state index is 0.0957. The van der Waals surface area contributed by atoms with Crippen LogP contribution in [0, 0.1) is 17.0 Å². The van der Waals surface area contributed by atoms with Crippen LogP contribution in [0.1, 0.15) is 28.4 Å². The lowest BCUT2D eigenvalue weighted by Crippen LogP contribution is -2.27. The molecule has 2 rings (SSSR count). The van der Waals surface area contributed by atoms with Crippen LogP contribution >= 0.6 is 0 Å². The minimum Gasteiger partial charge on any atom is -0.490 e. The number of benzene rings is 2. The van der Waals surface area contributed by atoms with Crippen LogP contribution in [0.3, 0.4) is 0 Å². The third-order valence-electron chi connectivity index (χ3n) is 4.24. The summed E-state index contributed by atoms with van der Waals surface area (Å²) < 4.78 is 11.1. The number of rotatable bonds is 9. The molecule has 0 aromatic heterocycles. The highest BCUT2D eigenvalue weighted by Gasteiger charge is 2.14. The van der Waals surface area contributed by atoms with Gasteiger partial charge in [-0.25, -0.2) is 0 Å². The van der Waals surface area contributed by atoms with Crippen molar-refractivity contribution in [2.24, 2.45) is 0 Å². The van der Waals surface area contributed by atoms with E-state index in [-0.39, 0.29) is 29.5 Å². The van der Waals surface area contributed by atoms with Crippen LogP contribution < -0.4 is 9.47 Å². The molecule has 8 heteroatoms. The Morgan fingerprint density at radius 3 is 2.47 bits per heavy atom. The average molecular weight is 412 g/mol. The summed E-state index contributed by atoms with van der Waals surface area (Å²) in [5.41, 5.74) is 1.31. The first-order valence-electron chi connectivity index (χ1n) is 9.30. The Hall–Kier alpha value is -3.68. The zero-order chi connectivity index (χ0) is 22.3. The highest BCUT2D eigenvalue weighted by molar-refractivity contribution is 6.07. The average Bonchev–Trinajstić information content (AvgIpc) is 2.71. The van der Waals surface area contributed by atoms with E-state index in [1.165, 1.54) is 17.0 Å². The zero-order valence-corrected chi connectivity index (χ0v) is 17.4. The number of aryl methyl sites for hydroxylation is 1. The molecule has 0 radical (unpaired) electrons. The van der Waals surface area contributed by atoms with E-state index in [1.807, 2.05) is 6.92 Å². The standard InChI is InChI=1S/C22H24N2O6/c1-5-29-21-12-16(8-11-20(21)30-14-22(26)23(3)4)7-10-19(25)17-9-6-15(2)18(13-17)24(27)28/h6-13H,5,14H2,1-4H3/b10-7-. The number of ketones is 1. The van der Waals surface area contributed by atoms with Crippen molar-refractivity contribution >= 4 is 23.5 Å². The topological polar surface area (TPSA) is 99.0 Å². The third-order valence-corrected chi connectivity index (χ3v) is 4.24. The van der Waals surface area contributed by atoms with Crippen LogP contribution in [-0.2, 0) is 4.79 Å². The van der Waals surface area contributed by atoms with E-state index in [2.05, 4.69) is 0 Å². The molecule has 0 atom stereocenters. The van der Waals surface area contributed by atoms with Crippen molar-refractivity contribution in [1.82, 2.24) is 4.90 Å². The SMILES string of the molecule is CCOc1cc(/C=C\C(=O)c2ccc(C)c([N+](=O)[O-])c2)ccc1OCC(=O)N(C)C. The molecule has 0 N–H and O–H groups in total. The zero-order valence-electron chi connectivity index (χ0n) is 17.4. The summed E-state index contributed by atoms with van der Waals surface area (Å²) >= 11 is 0. The Morgan fingerprint density at radius 1 is 1.10 bits per heavy atom. The van der Waals surface area contributed by atoms with Crippen molar-refractivity contribution in [2.45, 2.75) is 13.8 Å². The van der Waals surface area contributed by atoms with E-state index in [1.54, 1.807) is 57.4 Å². The molecule has 0 unspecified atom stereocenters. The predicted molar refractivity (Wildman–Crippen MR) is 113 cm³/mol. The fourth-order valence-corrected chi connectivity index (χ4v) is 2.51. The third kappa shape index (κ3) is 5.91. The van der Waals surface area contributed by atoms with Crippen molar-refractivity contribution in [3.05, 3.63) is 69.3 Å². The van der Waals surface area contributed by atoms with Crippen LogP contribution in [0.25, 0.3) is 6.08 Å².